The number of benzene rings is 2. The highest BCUT2D eigenvalue weighted by atomic mass is 16.5. The molecule has 0 bridgehead atoms. The molecule has 5 heteroatoms. The number of carbonyl (C=O) groups excluding carboxylic acids is 2. The zero-order valence-corrected chi connectivity index (χ0v) is 15.3. The summed E-state index contributed by atoms with van der Waals surface area (Å²) >= 11 is 0. The molecule has 2 aromatic carbocycles. The van der Waals surface area contributed by atoms with Gasteiger partial charge in [-0.1, -0.05) is 17.7 Å². The minimum Gasteiger partial charge on any atom is -0.490 e. The van der Waals surface area contributed by atoms with Crippen LogP contribution >= 0.6 is 0 Å². The number of carbonyl (C=O) groups is 2. The minimum atomic E-state index is -0.484. The van der Waals surface area contributed by atoms with Crippen LogP contribution < -0.4 is 9.47 Å². The van der Waals surface area contributed by atoms with E-state index in [2.05, 4.69) is 0 Å². The average molecular weight is 354 g/mol. The van der Waals surface area contributed by atoms with Gasteiger partial charge in [-0.25, -0.2) is 4.79 Å². The number of fused-ring (bicyclic) bond motifs is 1. The molecule has 0 unspecified atom stereocenters. The summed E-state index contributed by atoms with van der Waals surface area (Å²) in [4.78, 5) is 24.8. The van der Waals surface area contributed by atoms with Gasteiger partial charge in [0, 0.05) is 12.0 Å². The molecule has 0 N–H and O–H groups in total. The molecule has 26 heavy (non-hydrogen) atoms. The van der Waals surface area contributed by atoms with Crippen molar-refractivity contribution in [1.29, 1.82) is 0 Å². The molecule has 1 aliphatic heterocycles. The lowest BCUT2D eigenvalue weighted by Gasteiger charge is -2.11. The monoisotopic (exact) mass is 354 g/mol. The standard InChI is InChI=1S/C21H22O5/c1-13-9-14(2)20(15(3)10-13)21(23)26-12-17(22)16-5-6-18-19(11-16)25-8-4-7-24-18/h5-6,9-11H,4,7-8,12H2,1-3H3. The number of hydrogen-bond acceptors (Lipinski definition) is 5. The highest BCUT2D eigenvalue weighted by molar-refractivity contribution is 6.00. The van der Waals surface area contributed by atoms with Gasteiger partial charge in [0.05, 0.1) is 18.8 Å². The smallest absolute Gasteiger partial charge is 0.339 e. The van der Waals surface area contributed by atoms with Crippen LogP contribution in [0.5, 0.6) is 11.5 Å². The summed E-state index contributed by atoms with van der Waals surface area (Å²) < 4.78 is 16.4. The SMILES string of the molecule is Cc1cc(C)c(C(=O)OCC(=O)c2ccc3c(c2)OCCCO3)c(C)c1. The minimum absolute atomic E-state index is 0.281. The fourth-order valence-electron chi connectivity index (χ4n) is 3.13. The molecule has 0 saturated carbocycles. The molecule has 0 atom stereocenters. The number of hydrogen-bond donors (Lipinski definition) is 0. The van der Waals surface area contributed by atoms with E-state index in [1.165, 1.54) is 0 Å². The molecule has 0 spiro atoms. The van der Waals surface area contributed by atoms with Crippen molar-refractivity contribution < 1.29 is 23.8 Å². The molecule has 0 aliphatic carbocycles. The van der Waals surface area contributed by atoms with E-state index in [1.54, 1.807) is 18.2 Å². The molecule has 1 aliphatic rings. The maximum absolute atomic E-state index is 12.4. The van der Waals surface area contributed by atoms with E-state index < -0.39 is 5.97 Å². The third-order valence-electron chi connectivity index (χ3n) is 4.29. The van der Waals surface area contributed by atoms with Gasteiger partial charge in [-0.05, 0) is 50.1 Å². The van der Waals surface area contributed by atoms with Crippen LogP contribution in [0.15, 0.2) is 30.3 Å². The van der Waals surface area contributed by atoms with E-state index >= 15 is 0 Å². The van der Waals surface area contributed by atoms with Crippen LogP contribution in [0.1, 0.15) is 43.8 Å². The van der Waals surface area contributed by atoms with Crippen LogP contribution in [0.3, 0.4) is 0 Å². The molecular weight excluding hydrogens is 332 g/mol. The van der Waals surface area contributed by atoms with Gasteiger partial charge >= 0.3 is 5.97 Å². The zero-order valence-electron chi connectivity index (χ0n) is 15.3. The molecule has 136 valence electrons. The van der Waals surface area contributed by atoms with Gasteiger partial charge in [0.1, 0.15) is 0 Å². The molecule has 3 rings (SSSR count). The summed E-state index contributed by atoms with van der Waals surface area (Å²) in [5.74, 6) is 0.408. The Morgan fingerprint density at radius 3 is 2.31 bits per heavy atom. The van der Waals surface area contributed by atoms with Gasteiger partial charge in [0.25, 0.3) is 0 Å². The van der Waals surface area contributed by atoms with E-state index in [0.717, 1.165) is 23.1 Å². The first-order valence-electron chi connectivity index (χ1n) is 8.63. The Kier molecular flexibility index (Phi) is 5.26. The molecule has 0 amide bonds. The molecule has 5 nitrogen and oxygen atoms in total. The molecule has 0 fully saturated rings. The van der Waals surface area contributed by atoms with Crippen LogP contribution in [0.25, 0.3) is 0 Å². The lowest BCUT2D eigenvalue weighted by atomic mass is 10.00. The zero-order chi connectivity index (χ0) is 18.7. The van der Waals surface area contributed by atoms with Crippen LogP contribution in [0, 0.1) is 20.8 Å². The topological polar surface area (TPSA) is 61.8 Å². The Balaban J connectivity index is 1.69. The molecule has 2 aromatic rings. The number of esters is 1. The van der Waals surface area contributed by atoms with Crippen molar-refractivity contribution in [2.75, 3.05) is 19.8 Å². The highest BCUT2D eigenvalue weighted by Crippen LogP contribution is 2.30. The molecule has 0 saturated heterocycles. The predicted octanol–water partition coefficient (Wildman–Crippen LogP) is 3.81. The summed E-state index contributed by atoms with van der Waals surface area (Å²) in [6.07, 6.45) is 0.796. The van der Waals surface area contributed by atoms with Crippen molar-refractivity contribution in [3.63, 3.8) is 0 Å². The van der Waals surface area contributed by atoms with Gasteiger partial charge in [-0.3, -0.25) is 4.79 Å². The van der Waals surface area contributed by atoms with E-state index in [-0.39, 0.29) is 12.4 Å². The van der Waals surface area contributed by atoms with Gasteiger partial charge < -0.3 is 14.2 Å². The molecule has 0 radical (unpaired) electrons. The lowest BCUT2D eigenvalue weighted by molar-refractivity contribution is 0.0473. The quantitative estimate of drug-likeness (QED) is 0.617. The second kappa shape index (κ2) is 7.60. The number of aryl methyl sites for hydroxylation is 3. The Labute approximate surface area is 152 Å². The fourth-order valence-corrected chi connectivity index (χ4v) is 3.13. The maximum atomic E-state index is 12.4. The Bertz CT molecular complexity index is 830. The van der Waals surface area contributed by atoms with Crippen LogP contribution in [0.4, 0.5) is 0 Å². The second-order valence-corrected chi connectivity index (χ2v) is 6.49. The first kappa shape index (κ1) is 18.0. The first-order chi connectivity index (χ1) is 12.5. The van der Waals surface area contributed by atoms with Crippen LogP contribution in [0.2, 0.25) is 0 Å². The number of ketones is 1. The highest BCUT2D eigenvalue weighted by Gasteiger charge is 2.18. The third-order valence-corrected chi connectivity index (χ3v) is 4.29. The van der Waals surface area contributed by atoms with Gasteiger partial charge in [0.15, 0.2) is 23.9 Å². The fraction of sp³-hybridized carbons (Fsp3) is 0.333. The normalized spacial score (nSPS) is 13.0. The van der Waals surface area contributed by atoms with Crippen molar-refractivity contribution in [2.24, 2.45) is 0 Å². The van der Waals surface area contributed by atoms with Gasteiger partial charge in [-0.2, -0.15) is 0 Å². The Hall–Kier alpha value is -2.82. The maximum Gasteiger partial charge on any atom is 0.339 e. The number of Topliss-reactive ketones (excluding diaryl/α,β-unsaturated/α-hetero) is 1. The average Bonchev–Trinajstić information content (AvgIpc) is 2.83. The predicted molar refractivity (Wildman–Crippen MR) is 97.3 cm³/mol. The van der Waals surface area contributed by atoms with Crippen LogP contribution in [-0.2, 0) is 4.74 Å². The van der Waals surface area contributed by atoms with Crippen molar-refractivity contribution in [2.45, 2.75) is 27.2 Å². The third kappa shape index (κ3) is 3.87. The van der Waals surface area contributed by atoms with Crippen LogP contribution in [-0.4, -0.2) is 31.6 Å². The number of rotatable bonds is 4. The molecular formula is C21H22O5. The lowest BCUT2D eigenvalue weighted by Crippen LogP contribution is -2.16. The van der Waals surface area contributed by atoms with Crippen molar-refractivity contribution in [3.05, 3.63) is 58.1 Å². The molecule has 0 aromatic heterocycles. The number of ether oxygens (including phenoxy) is 3. The van der Waals surface area contributed by atoms with E-state index in [0.29, 0.717) is 35.8 Å². The summed E-state index contributed by atoms with van der Waals surface area (Å²) in [5, 5.41) is 0. The van der Waals surface area contributed by atoms with Gasteiger partial charge in [0.2, 0.25) is 0 Å². The summed E-state index contributed by atoms with van der Waals surface area (Å²) in [7, 11) is 0. The Morgan fingerprint density at radius 2 is 1.62 bits per heavy atom. The summed E-state index contributed by atoms with van der Waals surface area (Å²) in [6.45, 7) is 6.52. The first-order valence-corrected chi connectivity index (χ1v) is 8.63. The second-order valence-electron chi connectivity index (χ2n) is 6.49. The Morgan fingerprint density at radius 1 is 0.962 bits per heavy atom. The van der Waals surface area contributed by atoms with E-state index in [9.17, 15) is 9.59 Å². The van der Waals surface area contributed by atoms with Crippen molar-refractivity contribution >= 4 is 11.8 Å². The van der Waals surface area contributed by atoms with Crippen molar-refractivity contribution in [1.82, 2.24) is 0 Å². The van der Waals surface area contributed by atoms with Crippen molar-refractivity contribution in [3.8, 4) is 11.5 Å². The van der Waals surface area contributed by atoms with E-state index in [1.807, 2.05) is 32.9 Å². The summed E-state index contributed by atoms with van der Waals surface area (Å²) in [5.41, 5.74) is 3.72. The largest absolute Gasteiger partial charge is 0.490 e. The van der Waals surface area contributed by atoms with Gasteiger partial charge in [-0.15, -0.1) is 0 Å². The summed E-state index contributed by atoms with van der Waals surface area (Å²) in [6, 6.07) is 8.86. The molecule has 1 heterocycles. The van der Waals surface area contributed by atoms with E-state index in [4.69, 9.17) is 14.2 Å².